The Morgan fingerprint density at radius 1 is 0.260 bits per heavy atom. The van der Waals surface area contributed by atoms with E-state index in [-0.39, 0.29) is 31.1 Å². The Morgan fingerprint density at radius 2 is 0.468 bits per heavy atom. The van der Waals surface area contributed by atoms with E-state index in [0.717, 1.165) is 77.0 Å². The van der Waals surface area contributed by atoms with Crippen molar-refractivity contribution in [3.8, 4) is 0 Å². The van der Waals surface area contributed by atoms with Crippen molar-refractivity contribution in [2.24, 2.45) is 0 Å². The molecule has 0 aromatic carbocycles. The number of rotatable bonds is 63. The zero-order chi connectivity index (χ0) is 55.7. The van der Waals surface area contributed by atoms with Crippen LogP contribution in [0.2, 0.25) is 0 Å². The van der Waals surface area contributed by atoms with Gasteiger partial charge in [0.2, 0.25) is 0 Å². The maximum absolute atomic E-state index is 12.8. The van der Waals surface area contributed by atoms with Gasteiger partial charge in [-0.2, -0.15) is 0 Å². The van der Waals surface area contributed by atoms with Gasteiger partial charge in [0.05, 0.1) is 0 Å². The number of esters is 3. The van der Waals surface area contributed by atoms with E-state index < -0.39 is 6.10 Å². The van der Waals surface area contributed by atoms with Crippen LogP contribution in [0.1, 0.15) is 367 Å². The lowest BCUT2D eigenvalue weighted by Gasteiger charge is -2.18. The van der Waals surface area contributed by atoms with Crippen molar-refractivity contribution in [3.63, 3.8) is 0 Å². The minimum atomic E-state index is -0.769. The molecule has 0 rings (SSSR count). The first-order valence-electron chi connectivity index (χ1n) is 34.1. The third kappa shape index (κ3) is 64.1. The van der Waals surface area contributed by atoms with Crippen LogP contribution in [0.3, 0.4) is 0 Å². The highest BCUT2D eigenvalue weighted by Crippen LogP contribution is 2.18. The Labute approximate surface area is 479 Å². The van der Waals surface area contributed by atoms with Gasteiger partial charge in [-0.15, -0.1) is 0 Å². The summed E-state index contributed by atoms with van der Waals surface area (Å²) in [7, 11) is 0. The Kier molecular flexibility index (Phi) is 63.6. The zero-order valence-corrected chi connectivity index (χ0v) is 51.7. The third-order valence-corrected chi connectivity index (χ3v) is 15.3. The summed E-state index contributed by atoms with van der Waals surface area (Å²) in [5.41, 5.74) is 0. The van der Waals surface area contributed by atoms with Gasteiger partial charge in [0, 0.05) is 19.3 Å². The van der Waals surface area contributed by atoms with Gasteiger partial charge in [-0.05, 0) is 83.5 Å². The molecular weight excluding hydrogens is 949 g/mol. The first-order chi connectivity index (χ1) is 38.0. The molecule has 0 saturated carbocycles. The highest BCUT2D eigenvalue weighted by molar-refractivity contribution is 5.71. The number of hydrogen-bond acceptors (Lipinski definition) is 6. The molecule has 1 atom stereocenters. The van der Waals surface area contributed by atoms with Crippen LogP contribution in [0.5, 0.6) is 0 Å². The van der Waals surface area contributed by atoms with Crippen LogP contribution in [0, 0.1) is 0 Å². The summed E-state index contributed by atoms with van der Waals surface area (Å²) in [5.74, 6) is -0.866. The second-order valence-electron chi connectivity index (χ2n) is 23.1. The van der Waals surface area contributed by atoms with Gasteiger partial charge >= 0.3 is 17.9 Å². The predicted octanol–water partition coefficient (Wildman–Crippen LogP) is 23.3. The number of unbranched alkanes of at least 4 members (excludes halogenated alkanes) is 44. The third-order valence-electron chi connectivity index (χ3n) is 15.3. The number of hydrogen-bond donors (Lipinski definition) is 0. The summed E-state index contributed by atoms with van der Waals surface area (Å²) in [5, 5.41) is 0. The molecule has 0 aromatic rings. The molecule has 0 saturated heterocycles. The fourth-order valence-electron chi connectivity index (χ4n) is 10.2. The summed E-state index contributed by atoms with van der Waals surface area (Å²) in [6, 6.07) is 0. The molecule has 6 nitrogen and oxygen atoms in total. The standard InChI is InChI=1S/C71H130O6/c1-4-7-10-13-15-17-19-21-23-25-27-29-31-32-33-34-35-36-37-38-40-41-43-45-47-49-51-53-55-58-61-64-70(73)76-67-68(66-75-69(72)63-60-57-12-9-6-3)77-71(74)65-62-59-56-54-52-50-48-46-44-42-39-30-28-26-24-22-20-18-16-14-11-8-5-2/h19-22,25-28,68H,4-18,23-24,29-67H2,1-3H3/b21-19-,22-20-,27-25-,28-26-. The Morgan fingerprint density at radius 3 is 0.714 bits per heavy atom. The average Bonchev–Trinajstić information content (AvgIpc) is 3.43. The summed E-state index contributed by atoms with van der Waals surface area (Å²) >= 11 is 0. The molecule has 0 fully saturated rings. The largest absolute Gasteiger partial charge is 0.462 e. The number of carbonyl (C=O) groups is 3. The van der Waals surface area contributed by atoms with Crippen LogP contribution in [-0.4, -0.2) is 37.2 Å². The Hall–Kier alpha value is -2.63. The summed E-state index contributed by atoms with van der Waals surface area (Å²) < 4.78 is 16.8. The second-order valence-corrected chi connectivity index (χ2v) is 23.1. The highest BCUT2D eigenvalue weighted by Gasteiger charge is 2.19. The van der Waals surface area contributed by atoms with Crippen LogP contribution in [0.4, 0.5) is 0 Å². The van der Waals surface area contributed by atoms with E-state index in [2.05, 4.69) is 69.4 Å². The van der Waals surface area contributed by atoms with Crippen molar-refractivity contribution in [1.82, 2.24) is 0 Å². The number of ether oxygens (including phenoxy) is 3. The average molecular weight is 1080 g/mol. The molecule has 0 N–H and O–H groups in total. The second kappa shape index (κ2) is 65.9. The summed E-state index contributed by atoms with van der Waals surface area (Å²) in [4.78, 5) is 38.0. The van der Waals surface area contributed by atoms with Crippen LogP contribution in [0.15, 0.2) is 48.6 Å². The van der Waals surface area contributed by atoms with Gasteiger partial charge in [-0.3, -0.25) is 14.4 Å². The first kappa shape index (κ1) is 74.4. The van der Waals surface area contributed by atoms with Gasteiger partial charge in [0.1, 0.15) is 13.2 Å². The van der Waals surface area contributed by atoms with Gasteiger partial charge in [-0.25, -0.2) is 0 Å². The first-order valence-corrected chi connectivity index (χ1v) is 34.1. The molecule has 0 aliphatic carbocycles. The molecule has 0 aliphatic rings. The maximum atomic E-state index is 12.8. The molecule has 6 heteroatoms. The lowest BCUT2D eigenvalue weighted by molar-refractivity contribution is -0.167. The Bertz CT molecular complexity index is 1330. The number of allylic oxidation sites excluding steroid dienone is 8. The van der Waals surface area contributed by atoms with Gasteiger partial charge in [0.15, 0.2) is 6.10 Å². The SMILES string of the molecule is CCCCCCC/C=C\C/C=C\CCCCCCCCCCCCCCCCCCCCCC(=O)OCC(COC(=O)CCCCCCC)OC(=O)CCCCCCCCCCCCC/C=C\C/C=C\CCCCCCC. The molecule has 1 unspecified atom stereocenters. The Balaban J connectivity index is 3.94. The van der Waals surface area contributed by atoms with Crippen molar-refractivity contribution in [2.45, 2.75) is 374 Å². The monoisotopic (exact) mass is 1080 g/mol. The highest BCUT2D eigenvalue weighted by atomic mass is 16.6. The van der Waals surface area contributed by atoms with Crippen LogP contribution in [-0.2, 0) is 28.6 Å². The predicted molar refractivity (Wildman–Crippen MR) is 335 cm³/mol. The zero-order valence-electron chi connectivity index (χ0n) is 51.7. The van der Waals surface area contributed by atoms with Crippen molar-refractivity contribution in [2.75, 3.05) is 13.2 Å². The van der Waals surface area contributed by atoms with E-state index in [1.165, 1.54) is 250 Å². The van der Waals surface area contributed by atoms with Crippen molar-refractivity contribution >= 4 is 17.9 Å². The van der Waals surface area contributed by atoms with E-state index in [0.29, 0.717) is 19.3 Å². The van der Waals surface area contributed by atoms with Gasteiger partial charge < -0.3 is 14.2 Å². The van der Waals surface area contributed by atoms with Crippen LogP contribution >= 0.6 is 0 Å². The normalized spacial score (nSPS) is 12.3. The van der Waals surface area contributed by atoms with Crippen molar-refractivity contribution in [3.05, 3.63) is 48.6 Å². The molecule has 0 bridgehead atoms. The van der Waals surface area contributed by atoms with E-state index in [9.17, 15) is 14.4 Å². The van der Waals surface area contributed by atoms with E-state index in [4.69, 9.17) is 14.2 Å². The quantitative estimate of drug-likeness (QED) is 0.0261. The lowest BCUT2D eigenvalue weighted by Crippen LogP contribution is -2.30. The minimum Gasteiger partial charge on any atom is -0.462 e. The molecule has 0 aliphatic heterocycles. The van der Waals surface area contributed by atoms with E-state index >= 15 is 0 Å². The molecule has 77 heavy (non-hydrogen) atoms. The topological polar surface area (TPSA) is 78.9 Å². The molecule has 0 radical (unpaired) electrons. The summed E-state index contributed by atoms with van der Waals surface area (Å²) in [6.45, 7) is 6.59. The smallest absolute Gasteiger partial charge is 0.306 e. The summed E-state index contributed by atoms with van der Waals surface area (Å²) in [6.07, 6.45) is 83.3. The maximum Gasteiger partial charge on any atom is 0.306 e. The van der Waals surface area contributed by atoms with Crippen molar-refractivity contribution in [1.29, 1.82) is 0 Å². The van der Waals surface area contributed by atoms with Crippen molar-refractivity contribution < 1.29 is 28.6 Å². The fourth-order valence-corrected chi connectivity index (χ4v) is 10.2. The molecule has 0 aromatic heterocycles. The molecule has 0 amide bonds. The minimum absolute atomic E-state index is 0.0700. The van der Waals surface area contributed by atoms with Crippen LogP contribution in [0.25, 0.3) is 0 Å². The lowest BCUT2D eigenvalue weighted by atomic mass is 10.0. The van der Waals surface area contributed by atoms with Gasteiger partial charge in [-0.1, -0.05) is 313 Å². The fraction of sp³-hybridized carbons (Fsp3) is 0.845. The van der Waals surface area contributed by atoms with E-state index in [1.54, 1.807) is 0 Å². The molecule has 450 valence electrons. The molecule has 0 heterocycles. The van der Waals surface area contributed by atoms with E-state index in [1.807, 2.05) is 0 Å². The number of carbonyl (C=O) groups excluding carboxylic acids is 3. The molecular formula is C71H130O6. The molecule has 0 spiro atoms. The van der Waals surface area contributed by atoms with Crippen LogP contribution < -0.4 is 0 Å². The van der Waals surface area contributed by atoms with Gasteiger partial charge in [0.25, 0.3) is 0 Å².